The third-order valence-corrected chi connectivity index (χ3v) is 4.03. The molecule has 0 heterocycles. The van der Waals surface area contributed by atoms with Crippen molar-refractivity contribution in [3.05, 3.63) is 0 Å². The first-order valence-electron chi connectivity index (χ1n) is 9.16. The molecule has 0 fully saturated rings. The number of phosphoric ester groups is 1. The molecule has 3 atom stereocenters. The Hall–Kier alpha value is -2.09. The molecule has 0 radical (unpaired) electrons. The molecule has 0 bridgehead atoms. The quantitative estimate of drug-likeness (QED) is 0.136. The number of hydrogen-bond acceptors (Lipinski definition) is 13. The Labute approximate surface area is 179 Å². The molecule has 15 heteroatoms. The number of ether oxygens (including phenoxy) is 4. The summed E-state index contributed by atoms with van der Waals surface area (Å²) in [4.78, 5) is 54.8. The van der Waals surface area contributed by atoms with Gasteiger partial charge >= 0.3 is 31.7 Å². The molecule has 2 unspecified atom stereocenters. The van der Waals surface area contributed by atoms with Crippen LogP contribution in [0.15, 0.2) is 0 Å². The number of esters is 4. The SMILES string of the molecule is CC(=O)OC[C@H](COP(=O)(O)OCC(COC(=O)CCN)OC(=O)CCN)OC(C)=O. The zero-order valence-electron chi connectivity index (χ0n) is 17.4. The first-order valence-corrected chi connectivity index (χ1v) is 10.7. The summed E-state index contributed by atoms with van der Waals surface area (Å²) >= 11 is 0. The number of phosphoric acid groups is 1. The zero-order chi connectivity index (χ0) is 23.9. The summed E-state index contributed by atoms with van der Waals surface area (Å²) in [5, 5.41) is 0. The van der Waals surface area contributed by atoms with E-state index in [9.17, 15) is 28.6 Å². The third-order valence-electron chi connectivity index (χ3n) is 3.08. The molecule has 5 N–H and O–H groups in total. The summed E-state index contributed by atoms with van der Waals surface area (Å²) in [5.41, 5.74) is 10.5. The molecule has 0 aliphatic heterocycles. The predicted octanol–water partition coefficient (Wildman–Crippen LogP) is -1.23. The fraction of sp³-hybridized carbons (Fsp3) is 0.750. The van der Waals surface area contributed by atoms with Crippen molar-refractivity contribution in [2.75, 3.05) is 39.5 Å². The zero-order valence-corrected chi connectivity index (χ0v) is 18.2. The summed E-state index contributed by atoms with van der Waals surface area (Å²) in [6.07, 6.45) is -2.61. The van der Waals surface area contributed by atoms with Crippen LogP contribution in [0.3, 0.4) is 0 Å². The van der Waals surface area contributed by atoms with Crippen LogP contribution in [0, 0.1) is 0 Å². The van der Waals surface area contributed by atoms with Crippen molar-refractivity contribution < 1.29 is 56.6 Å². The van der Waals surface area contributed by atoms with Crippen LogP contribution in [0.25, 0.3) is 0 Å². The van der Waals surface area contributed by atoms with Crippen molar-refractivity contribution in [1.82, 2.24) is 0 Å². The molecule has 0 aliphatic carbocycles. The van der Waals surface area contributed by atoms with Crippen molar-refractivity contribution in [3.63, 3.8) is 0 Å². The van der Waals surface area contributed by atoms with Crippen LogP contribution < -0.4 is 11.5 Å². The largest absolute Gasteiger partial charge is 0.472 e. The first kappa shape index (κ1) is 28.9. The van der Waals surface area contributed by atoms with Crippen LogP contribution in [0.2, 0.25) is 0 Å². The minimum absolute atomic E-state index is 0.000840. The highest BCUT2D eigenvalue weighted by atomic mass is 31.2. The van der Waals surface area contributed by atoms with Gasteiger partial charge in [0, 0.05) is 26.9 Å². The van der Waals surface area contributed by atoms with Gasteiger partial charge in [-0.1, -0.05) is 0 Å². The van der Waals surface area contributed by atoms with E-state index in [4.69, 9.17) is 34.7 Å². The summed E-state index contributed by atoms with van der Waals surface area (Å²) in [7, 11) is -4.72. The van der Waals surface area contributed by atoms with E-state index >= 15 is 0 Å². The second kappa shape index (κ2) is 15.7. The molecule has 180 valence electrons. The minimum Gasteiger partial charge on any atom is -0.462 e. The highest BCUT2D eigenvalue weighted by molar-refractivity contribution is 7.47. The summed E-state index contributed by atoms with van der Waals surface area (Å²) in [5.74, 6) is -2.80. The first-order chi connectivity index (χ1) is 14.5. The lowest BCUT2D eigenvalue weighted by molar-refractivity contribution is -0.161. The molecule has 0 aliphatic rings. The summed E-state index contributed by atoms with van der Waals surface area (Å²) in [6, 6.07) is 0. The Kier molecular flexibility index (Phi) is 14.6. The highest BCUT2D eigenvalue weighted by Crippen LogP contribution is 2.43. The van der Waals surface area contributed by atoms with Crippen LogP contribution in [0.5, 0.6) is 0 Å². The van der Waals surface area contributed by atoms with Crippen molar-refractivity contribution in [2.45, 2.75) is 38.9 Å². The molecule has 31 heavy (non-hydrogen) atoms. The van der Waals surface area contributed by atoms with Gasteiger partial charge in [0.05, 0.1) is 26.1 Å². The maximum atomic E-state index is 12.1. The number of carbonyl (C=O) groups excluding carboxylic acids is 4. The van der Waals surface area contributed by atoms with Gasteiger partial charge < -0.3 is 35.3 Å². The Balaban J connectivity index is 4.82. The van der Waals surface area contributed by atoms with Crippen molar-refractivity contribution in [2.24, 2.45) is 11.5 Å². The third kappa shape index (κ3) is 16.3. The van der Waals surface area contributed by atoms with E-state index < -0.39 is 70.3 Å². The number of rotatable bonds is 16. The van der Waals surface area contributed by atoms with Gasteiger partial charge in [0.1, 0.15) is 13.2 Å². The Morgan fingerprint density at radius 1 is 0.774 bits per heavy atom. The summed E-state index contributed by atoms with van der Waals surface area (Å²) in [6.45, 7) is 0.0828. The maximum Gasteiger partial charge on any atom is 0.472 e. The molecule has 0 aromatic carbocycles. The smallest absolute Gasteiger partial charge is 0.462 e. The van der Waals surface area contributed by atoms with Gasteiger partial charge in [0.15, 0.2) is 12.2 Å². The monoisotopic (exact) mass is 472 g/mol. The van der Waals surface area contributed by atoms with Crippen LogP contribution in [0.4, 0.5) is 0 Å². The van der Waals surface area contributed by atoms with E-state index in [2.05, 4.69) is 4.74 Å². The van der Waals surface area contributed by atoms with E-state index in [1.165, 1.54) is 0 Å². The fourth-order valence-electron chi connectivity index (χ4n) is 1.81. The molecule has 0 saturated heterocycles. The molecular weight excluding hydrogens is 443 g/mol. The van der Waals surface area contributed by atoms with Crippen LogP contribution in [0.1, 0.15) is 26.7 Å². The van der Waals surface area contributed by atoms with E-state index in [-0.39, 0.29) is 25.9 Å². The molecular formula is C16H29N2O12P. The van der Waals surface area contributed by atoms with Gasteiger partial charge in [0.25, 0.3) is 0 Å². The van der Waals surface area contributed by atoms with Gasteiger partial charge in [-0.2, -0.15) is 0 Å². The second-order valence-electron chi connectivity index (χ2n) is 5.97. The molecule has 14 nitrogen and oxygen atoms in total. The van der Waals surface area contributed by atoms with E-state index in [0.29, 0.717) is 0 Å². The van der Waals surface area contributed by atoms with Crippen LogP contribution in [-0.2, 0) is 51.7 Å². The number of carbonyl (C=O) groups is 4. The molecule has 0 rings (SSSR count). The normalized spacial score (nSPS) is 14.6. The standard InChI is InChI=1S/C16H29N2O12P/c1-11(19)25-7-13(29-12(2)20)9-27-31(23,24)28-10-14(30-16(22)4-6-18)8-26-15(21)3-5-17/h13-14H,3-10,17-18H2,1-2H3,(H,23,24)/t13-,14?/m1/s1. The Morgan fingerprint density at radius 2 is 1.26 bits per heavy atom. The molecule has 0 aromatic heterocycles. The van der Waals surface area contributed by atoms with Gasteiger partial charge in [-0.25, -0.2) is 4.57 Å². The lowest BCUT2D eigenvalue weighted by Gasteiger charge is -2.21. The van der Waals surface area contributed by atoms with Gasteiger partial charge in [-0.3, -0.25) is 28.2 Å². The lowest BCUT2D eigenvalue weighted by Crippen LogP contribution is -2.31. The molecule has 0 saturated carbocycles. The average Bonchev–Trinajstić information content (AvgIpc) is 2.66. The van der Waals surface area contributed by atoms with E-state index in [1.807, 2.05) is 0 Å². The topological polar surface area (TPSA) is 213 Å². The number of hydrogen-bond donors (Lipinski definition) is 3. The van der Waals surface area contributed by atoms with Crippen molar-refractivity contribution >= 4 is 31.7 Å². The van der Waals surface area contributed by atoms with Crippen LogP contribution in [-0.4, -0.2) is 80.5 Å². The Morgan fingerprint density at radius 3 is 1.74 bits per heavy atom. The van der Waals surface area contributed by atoms with Crippen LogP contribution >= 0.6 is 7.82 Å². The minimum atomic E-state index is -4.72. The highest BCUT2D eigenvalue weighted by Gasteiger charge is 2.28. The molecule has 0 amide bonds. The van der Waals surface area contributed by atoms with Gasteiger partial charge in [-0.05, 0) is 0 Å². The predicted molar refractivity (Wildman–Crippen MR) is 102 cm³/mol. The lowest BCUT2D eigenvalue weighted by atomic mass is 10.3. The van der Waals surface area contributed by atoms with E-state index in [1.54, 1.807) is 0 Å². The summed E-state index contributed by atoms with van der Waals surface area (Å²) < 4.78 is 40.9. The van der Waals surface area contributed by atoms with Gasteiger partial charge in [-0.15, -0.1) is 0 Å². The van der Waals surface area contributed by atoms with E-state index in [0.717, 1.165) is 13.8 Å². The average molecular weight is 472 g/mol. The molecule has 0 aromatic rings. The Bertz CT molecular complexity index is 644. The maximum absolute atomic E-state index is 12.1. The van der Waals surface area contributed by atoms with Crippen molar-refractivity contribution in [1.29, 1.82) is 0 Å². The van der Waals surface area contributed by atoms with Gasteiger partial charge in [0.2, 0.25) is 0 Å². The number of nitrogens with two attached hydrogens (primary N) is 2. The fourth-order valence-corrected chi connectivity index (χ4v) is 2.59. The van der Waals surface area contributed by atoms with Crippen molar-refractivity contribution in [3.8, 4) is 0 Å². The molecule has 0 spiro atoms. The second-order valence-corrected chi connectivity index (χ2v) is 7.42.